The zero-order chi connectivity index (χ0) is 14.5. The Kier molecular flexibility index (Phi) is 5.18. The third-order valence-corrected chi connectivity index (χ3v) is 4.20. The van der Waals surface area contributed by atoms with Crippen molar-refractivity contribution in [1.29, 1.82) is 0 Å². The minimum atomic E-state index is 0.260. The van der Waals surface area contributed by atoms with Gasteiger partial charge < -0.3 is 10.2 Å². The number of benzene rings is 1. The highest BCUT2D eigenvalue weighted by Crippen LogP contribution is 2.18. The molecule has 2 rings (SSSR count). The molecule has 3 nitrogen and oxygen atoms in total. The summed E-state index contributed by atoms with van der Waals surface area (Å²) in [7, 11) is 0. The molecular weight excluding hydrogens is 248 g/mol. The highest BCUT2D eigenvalue weighted by Gasteiger charge is 2.27. The van der Waals surface area contributed by atoms with Crippen molar-refractivity contribution >= 4 is 5.91 Å². The lowest BCUT2D eigenvalue weighted by Gasteiger charge is -2.37. The highest BCUT2D eigenvalue weighted by molar-refractivity contribution is 5.78. The predicted octanol–water partition coefficient (Wildman–Crippen LogP) is 2.38. The maximum absolute atomic E-state index is 12.4. The van der Waals surface area contributed by atoms with Crippen molar-refractivity contribution < 1.29 is 4.79 Å². The quantitative estimate of drug-likeness (QED) is 0.914. The topological polar surface area (TPSA) is 32.3 Å². The van der Waals surface area contributed by atoms with Crippen LogP contribution in [0.1, 0.15) is 31.4 Å². The summed E-state index contributed by atoms with van der Waals surface area (Å²) in [6, 6.07) is 8.82. The van der Waals surface area contributed by atoms with Gasteiger partial charge in [0, 0.05) is 19.1 Å². The third kappa shape index (κ3) is 3.83. The Bertz CT molecular complexity index is 441. The van der Waals surface area contributed by atoms with Gasteiger partial charge in [0.1, 0.15) is 0 Å². The molecule has 1 aromatic rings. The lowest BCUT2D eigenvalue weighted by Crippen LogP contribution is -2.50. The second kappa shape index (κ2) is 6.89. The van der Waals surface area contributed by atoms with Crippen LogP contribution in [-0.4, -0.2) is 36.5 Å². The molecule has 1 aromatic carbocycles. The maximum Gasteiger partial charge on any atom is 0.227 e. The van der Waals surface area contributed by atoms with Gasteiger partial charge in [-0.25, -0.2) is 0 Å². The summed E-state index contributed by atoms with van der Waals surface area (Å²) in [6.45, 7) is 9.21. The summed E-state index contributed by atoms with van der Waals surface area (Å²) in [5.41, 5.74) is 2.35. The van der Waals surface area contributed by atoms with Crippen LogP contribution in [0, 0.1) is 12.8 Å². The average molecular weight is 274 g/mol. The number of carbonyl (C=O) groups excluding carboxylic acids is 1. The lowest BCUT2D eigenvalue weighted by atomic mass is 9.93. The van der Waals surface area contributed by atoms with Gasteiger partial charge in [0.05, 0.1) is 6.42 Å². The van der Waals surface area contributed by atoms with Crippen LogP contribution in [0.15, 0.2) is 24.3 Å². The molecule has 1 amide bonds. The molecule has 2 unspecified atom stereocenters. The first-order chi connectivity index (χ1) is 9.60. The molecule has 0 bridgehead atoms. The van der Waals surface area contributed by atoms with Gasteiger partial charge in [0.25, 0.3) is 0 Å². The van der Waals surface area contributed by atoms with Crippen LogP contribution in [0.3, 0.4) is 0 Å². The number of piperidine rings is 1. The molecule has 2 atom stereocenters. The van der Waals surface area contributed by atoms with Gasteiger partial charge in [-0.05, 0) is 31.4 Å². The van der Waals surface area contributed by atoms with Crippen LogP contribution in [0.25, 0.3) is 0 Å². The van der Waals surface area contributed by atoms with Crippen molar-refractivity contribution in [2.24, 2.45) is 5.92 Å². The van der Waals surface area contributed by atoms with E-state index in [1.165, 1.54) is 5.56 Å². The third-order valence-electron chi connectivity index (χ3n) is 4.20. The highest BCUT2D eigenvalue weighted by atomic mass is 16.2. The molecule has 3 heteroatoms. The van der Waals surface area contributed by atoms with Gasteiger partial charge in [-0.3, -0.25) is 4.79 Å². The zero-order valence-corrected chi connectivity index (χ0v) is 12.9. The van der Waals surface area contributed by atoms with Crippen molar-refractivity contribution in [2.75, 3.05) is 19.6 Å². The molecule has 0 aromatic heterocycles. The summed E-state index contributed by atoms with van der Waals surface area (Å²) in [4.78, 5) is 14.4. The molecule has 1 heterocycles. The Hall–Kier alpha value is -1.35. The van der Waals surface area contributed by atoms with E-state index in [9.17, 15) is 4.79 Å². The van der Waals surface area contributed by atoms with E-state index in [-0.39, 0.29) is 5.91 Å². The molecule has 1 aliphatic heterocycles. The number of nitrogens with zero attached hydrogens (tertiary/aromatic N) is 1. The maximum atomic E-state index is 12.4. The molecular formula is C17H26N2O. The molecule has 0 spiro atoms. The Morgan fingerprint density at radius 1 is 1.35 bits per heavy atom. The van der Waals surface area contributed by atoms with E-state index in [2.05, 4.69) is 50.4 Å². The molecule has 0 saturated carbocycles. The standard InChI is InChI=1S/C17H26N2O/c1-4-18-16-9-10-19(12-14(16)3)17(20)11-15-7-5-13(2)6-8-15/h5-8,14,16,18H,4,9-12H2,1-3H3. The molecule has 1 fully saturated rings. The zero-order valence-electron chi connectivity index (χ0n) is 12.9. The summed E-state index contributed by atoms with van der Waals surface area (Å²) >= 11 is 0. The van der Waals surface area contributed by atoms with Crippen LogP contribution < -0.4 is 5.32 Å². The molecule has 0 aliphatic carbocycles. The fourth-order valence-corrected chi connectivity index (χ4v) is 2.93. The van der Waals surface area contributed by atoms with Crippen molar-refractivity contribution in [3.05, 3.63) is 35.4 Å². The van der Waals surface area contributed by atoms with E-state index >= 15 is 0 Å². The number of amides is 1. The predicted molar refractivity (Wildman–Crippen MR) is 82.7 cm³/mol. The van der Waals surface area contributed by atoms with E-state index in [0.717, 1.165) is 31.6 Å². The van der Waals surface area contributed by atoms with Crippen LogP contribution in [0.4, 0.5) is 0 Å². The van der Waals surface area contributed by atoms with Gasteiger partial charge >= 0.3 is 0 Å². The van der Waals surface area contributed by atoms with Crippen molar-refractivity contribution in [2.45, 2.75) is 39.7 Å². The number of nitrogens with one attached hydrogen (secondary N) is 1. The smallest absolute Gasteiger partial charge is 0.227 e. The number of hydrogen-bond donors (Lipinski definition) is 1. The van der Waals surface area contributed by atoms with Crippen LogP contribution in [0.5, 0.6) is 0 Å². The van der Waals surface area contributed by atoms with E-state index < -0.39 is 0 Å². The van der Waals surface area contributed by atoms with Crippen molar-refractivity contribution in [3.63, 3.8) is 0 Å². The minimum absolute atomic E-state index is 0.260. The Labute approximate surface area is 122 Å². The van der Waals surface area contributed by atoms with Crippen LogP contribution in [-0.2, 0) is 11.2 Å². The number of rotatable bonds is 4. The summed E-state index contributed by atoms with van der Waals surface area (Å²) in [5, 5.41) is 3.51. The van der Waals surface area contributed by atoms with E-state index in [0.29, 0.717) is 18.4 Å². The molecule has 110 valence electrons. The second-order valence-electron chi connectivity index (χ2n) is 5.93. The number of aryl methyl sites for hydroxylation is 1. The Morgan fingerprint density at radius 3 is 2.65 bits per heavy atom. The van der Waals surface area contributed by atoms with Crippen molar-refractivity contribution in [3.8, 4) is 0 Å². The summed E-state index contributed by atoms with van der Waals surface area (Å²) in [6.07, 6.45) is 1.59. The van der Waals surface area contributed by atoms with E-state index in [1.807, 2.05) is 4.90 Å². The molecule has 20 heavy (non-hydrogen) atoms. The first kappa shape index (κ1) is 15.0. The molecule has 1 N–H and O–H groups in total. The summed E-state index contributed by atoms with van der Waals surface area (Å²) < 4.78 is 0. The minimum Gasteiger partial charge on any atom is -0.342 e. The lowest BCUT2D eigenvalue weighted by molar-refractivity contribution is -0.132. The van der Waals surface area contributed by atoms with E-state index in [1.54, 1.807) is 0 Å². The van der Waals surface area contributed by atoms with Gasteiger partial charge in [0.2, 0.25) is 5.91 Å². The molecule has 0 radical (unpaired) electrons. The molecule has 1 aliphatic rings. The van der Waals surface area contributed by atoms with Gasteiger partial charge in [-0.2, -0.15) is 0 Å². The second-order valence-corrected chi connectivity index (χ2v) is 5.93. The van der Waals surface area contributed by atoms with Crippen LogP contribution in [0.2, 0.25) is 0 Å². The van der Waals surface area contributed by atoms with Gasteiger partial charge in [0.15, 0.2) is 0 Å². The Balaban J connectivity index is 1.89. The number of carbonyl (C=O) groups is 1. The normalized spacial score (nSPS) is 22.9. The monoisotopic (exact) mass is 274 g/mol. The fourth-order valence-electron chi connectivity index (χ4n) is 2.93. The Morgan fingerprint density at radius 2 is 2.05 bits per heavy atom. The van der Waals surface area contributed by atoms with Crippen LogP contribution >= 0.6 is 0 Å². The summed E-state index contributed by atoms with van der Waals surface area (Å²) in [5.74, 6) is 0.793. The van der Waals surface area contributed by atoms with E-state index in [4.69, 9.17) is 0 Å². The number of hydrogen-bond acceptors (Lipinski definition) is 2. The fraction of sp³-hybridized carbons (Fsp3) is 0.588. The SMILES string of the molecule is CCNC1CCN(C(=O)Cc2ccc(C)cc2)CC1C. The molecule has 1 saturated heterocycles. The largest absolute Gasteiger partial charge is 0.342 e. The first-order valence-electron chi connectivity index (χ1n) is 7.67. The average Bonchev–Trinajstić information content (AvgIpc) is 2.44. The number of likely N-dealkylation sites (tertiary alicyclic amines) is 1. The van der Waals surface area contributed by atoms with Gasteiger partial charge in [-0.1, -0.05) is 43.7 Å². The van der Waals surface area contributed by atoms with Crippen molar-refractivity contribution in [1.82, 2.24) is 10.2 Å². The first-order valence-corrected chi connectivity index (χ1v) is 7.67. The van der Waals surface area contributed by atoms with Gasteiger partial charge in [-0.15, -0.1) is 0 Å².